The molecule has 22 heavy (non-hydrogen) atoms. The van der Waals surface area contributed by atoms with E-state index in [2.05, 4.69) is 72.1 Å². The van der Waals surface area contributed by atoms with Crippen LogP contribution in [0.25, 0.3) is 0 Å². The summed E-state index contributed by atoms with van der Waals surface area (Å²) in [4.78, 5) is 0. The van der Waals surface area contributed by atoms with Crippen molar-refractivity contribution >= 4 is 23.5 Å². The molecule has 2 aliphatic heterocycles. The molecular weight excluding hydrogens is 304 g/mol. The molecule has 0 unspecified atom stereocenters. The van der Waals surface area contributed by atoms with Crippen LogP contribution >= 0.6 is 23.5 Å². The molecule has 0 radical (unpaired) electrons. The lowest BCUT2D eigenvalue weighted by Gasteiger charge is -2.59. The van der Waals surface area contributed by atoms with Crippen LogP contribution in [0.1, 0.15) is 34.1 Å². The Bertz CT molecular complexity index is 672. The lowest BCUT2D eigenvalue weighted by Crippen LogP contribution is -2.55. The molecule has 2 saturated heterocycles. The van der Waals surface area contributed by atoms with E-state index in [4.69, 9.17) is 0 Å². The minimum atomic E-state index is 0.510. The van der Waals surface area contributed by atoms with Crippen LogP contribution < -0.4 is 0 Å². The molecule has 2 fully saturated rings. The van der Waals surface area contributed by atoms with E-state index in [1.54, 1.807) is 22.3 Å². The molecule has 110 valence electrons. The highest BCUT2D eigenvalue weighted by Gasteiger charge is 2.71. The molecule has 5 aliphatic rings. The summed E-state index contributed by atoms with van der Waals surface area (Å²) >= 11 is 4.46. The minimum Gasteiger partial charge on any atom is -0.161 e. The molecule has 0 atom stereocenters. The summed E-state index contributed by atoms with van der Waals surface area (Å²) in [5, 5.41) is 0. The van der Waals surface area contributed by atoms with E-state index in [9.17, 15) is 0 Å². The van der Waals surface area contributed by atoms with Crippen molar-refractivity contribution in [1.82, 2.24) is 0 Å². The van der Waals surface area contributed by atoms with Gasteiger partial charge in [-0.1, -0.05) is 48.5 Å². The SMILES string of the molecule is c1ccc2c(c1)C1c3ccccc3C2C23CSCC12CSC3. The topological polar surface area (TPSA) is 0 Å². The van der Waals surface area contributed by atoms with Gasteiger partial charge in [0, 0.05) is 45.7 Å². The summed E-state index contributed by atoms with van der Waals surface area (Å²) in [5.74, 6) is 6.73. The third-order valence-corrected chi connectivity index (χ3v) is 9.65. The summed E-state index contributed by atoms with van der Waals surface area (Å²) in [6.07, 6.45) is 0. The Kier molecular flexibility index (Phi) is 2.26. The zero-order valence-electron chi connectivity index (χ0n) is 12.4. The maximum atomic E-state index is 2.42. The maximum absolute atomic E-state index is 2.42. The van der Waals surface area contributed by atoms with E-state index in [-0.39, 0.29) is 0 Å². The van der Waals surface area contributed by atoms with Crippen LogP contribution in [0.3, 0.4) is 0 Å². The molecule has 0 amide bonds. The van der Waals surface area contributed by atoms with Gasteiger partial charge in [-0.2, -0.15) is 23.5 Å². The van der Waals surface area contributed by atoms with Gasteiger partial charge in [0.05, 0.1) is 0 Å². The Hall–Kier alpha value is -0.860. The lowest BCUT2D eigenvalue weighted by molar-refractivity contribution is 0.0839. The summed E-state index contributed by atoms with van der Waals surface area (Å²) < 4.78 is 0. The largest absolute Gasteiger partial charge is 0.161 e. The summed E-state index contributed by atoms with van der Waals surface area (Å²) in [6.45, 7) is 0. The average molecular weight is 322 g/mol. The van der Waals surface area contributed by atoms with Crippen LogP contribution in [0, 0.1) is 10.8 Å². The summed E-state index contributed by atoms with van der Waals surface area (Å²) in [7, 11) is 0. The highest BCUT2D eigenvalue weighted by atomic mass is 32.2. The van der Waals surface area contributed by atoms with Crippen molar-refractivity contribution in [3.63, 3.8) is 0 Å². The standard InChI is InChI=1S/C20H18S2/c1-2-6-14-13(5-1)17-15-7-3-4-8-16(15)18(14)20-11-21-9-19(17,20)10-22-12-20/h1-8,17-18H,9-12H2. The third-order valence-electron chi connectivity index (χ3n) is 6.77. The van der Waals surface area contributed by atoms with Crippen molar-refractivity contribution in [2.75, 3.05) is 23.0 Å². The van der Waals surface area contributed by atoms with Gasteiger partial charge in [0.15, 0.2) is 0 Å². The number of hydrogen-bond acceptors (Lipinski definition) is 2. The van der Waals surface area contributed by atoms with Crippen LogP contribution in [0.2, 0.25) is 0 Å². The molecule has 2 heteroatoms. The highest BCUT2D eigenvalue weighted by Crippen LogP contribution is 2.77. The second kappa shape index (κ2) is 3.96. The second-order valence-corrected chi connectivity index (χ2v) is 9.39. The molecule has 0 spiro atoms. The molecule has 2 aromatic rings. The minimum absolute atomic E-state index is 0.510. The first kappa shape index (κ1) is 12.5. The van der Waals surface area contributed by atoms with Gasteiger partial charge in [-0.05, 0) is 22.3 Å². The Morgan fingerprint density at radius 2 is 0.909 bits per heavy atom. The van der Waals surface area contributed by atoms with Crippen LogP contribution in [-0.2, 0) is 0 Å². The van der Waals surface area contributed by atoms with Gasteiger partial charge >= 0.3 is 0 Å². The number of benzene rings is 2. The molecule has 2 bridgehead atoms. The van der Waals surface area contributed by atoms with Gasteiger partial charge in [-0.3, -0.25) is 0 Å². The van der Waals surface area contributed by atoms with E-state index in [1.165, 1.54) is 23.0 Å². The Morgan fingerprint density at radius 1 is 0.591 bits per heavy atom. The normalized spacial score (nSPS) is 40.0. The summed E-state index contributed by atoms with van der Waals surface area (Å²) in [5.41, 5.74) is 7.60. The molecule has 7 rings (SSSR count). The fraction of sp³-hybridized carbons (Fsp3) is 0.400. The van der Waals surface area contributed by atoms with Crippen molar-refractivity contribution in [2.24, 2.45) is 10.8 Å². The molecular formula is C20H18S2. The monoisotopic (exact) mass is 322 g/mol. The van der Waals surface area contributed by atoms with Gasteiger partial charge in [-0.25, -0.2) is 0 Å². The molecule has 0 N–H and O–H groups in total. The van der Waals surface area contributed by atoms with Gasteiger partial charge in [-0.15, -0.1) is 0 Å². The molecule has 0 saturated carbocycles. The van der Waals surface area contributed by atoms with Crippen LogP contribution in [0.5, 0.6) is 0 Å². The van der Waals surface area contributed by atoms with Crippen molar-refractivity contribution in [3.8, 4) is 0 Å². The zero-order chi connectivity index (χ0) is 14.4. The molecule has 2 heterocycles. The van der Waals surface area contributed by atoms with Crippen molar-refractivity contribution < 1.29 is 0 Å². The van der Waals surface area contributed by atoms with Crippen molar-refractivity contribution in [1.29, 1.82) is 0 Å². The number of hydrogen-bond donors (Lipinski definition) is 0. The lowest BCUT2D eigenvalue weighted by atomic mass is 9.42. The fourth-order valence-electron chi connectivity index (χ4n) is 6.00. The Labute approximate surface area is 140 Å². The van der Waals surface area contributed by atoms with E-state index in [0.29, 0.717) is 22.7 Å². The first-order chi connectivity index (χ1) is 10.9. The van der Waals surface area contributed by atoms with Crippen LogP contribution in [-0.4, -0.2) is 23.0 Å². The highest BCUT2D eigenvalue weighted by molar-refractivity contribution is 8.01. The fourth-order valence-corrected chi connectivity index (χ4v) is 10.1. The molecule has 3 aliphatic carbocycles. The number of thioether (sulfide) groups is 2. The molecule has 2 aromatic carbocycles. The van der Waals surface area contributed by atoms with E-state index < -0.39 is 0 Å². The van der Waals surface area contributed by atoms with E-state index >= 15 is 0 Å². The quantitative estimate of drug-likeness (QED) is 0.687. The zero-order valence-corrected chi connectivity index (χ0v) is 14.1. The number of rotatable bonds is 0. The first-order valence-electron chi connectivity index (χ1n) is 8.21. The second-order valence-electron chi connectivity index (χ2n) is 7.42. The van der Waals surface area contributed by atoms with Crippen LogP contribution in [0.15, 0.2) is 48.5 Å². The van der Waals surface area contributed by atoms with E-state index in [0.717, 1.165) is 0 Å². The van der Waals surface area contributed by atoms with Crippen LogP contribution in [0.4, 0.5) is 0 Å². The van der Waals surface area contributed by atoms with Gasteiger partial charge in [0.1, 0.15) is 0 Å². The van der Waals surface area contributed by atoms with Gasteiger partial charge in [0.2, 0.25) is 0 Å². The van der Waals surface area contributed by atoms with Gasteiger partial charge < -0.3 is 0 Å². The van der Waals surface area contributed by atoms with Crippen molar-refractivity contribution in [2.45, 2.75) is 11.8 Å². The first-order valence-corrected chi connectivity index (χ1v) is 10.5. The summed E-state index contributed by atoms with van der Waals surface area (Å²) in [6, 6.07) is 18.7. The predicted molar refractivity (Wildman–Crippen MR) is 96.1 cm³/mol. The Balaban J connectivity index is 1.78. The predicted octanol–water partition coefficient (Wildman–Crippen LogP) is 4.74. The van der Waals surface area contributed by atoms with Crippen molar-refractivity contribution in [3.05, 3.63) is 70.8 Å². The maximum Gasteiger partial charge on any atom is 0.0174 e. The van der Waals surface area contributed by atoms with E-state index in [1.807, 2.05) is 0 Å². The van der Waals surface area contributed by atoms with Gasteiger partial charge in [0.25, 0.3) is 0 Å². The smallest absolute Gasteiger partial charge is 0.0174 e. The molecule has 0 nitrogen and oxygen atoms in total. The Morgan fingerprint density at radius 3 is 1.23 bits per heavy atom. The average Bonchev–Trinajstić information content (AvgIpc) is 3.11. The third kappa shape index (κ3) is 1.15. The molecule has 0 aromatic heterocycles.